The highest BCUT2D eigenvalue weighted by atomic mass is 32.1. The number of hydrogen-bond acceptors (Lipinski definition) is 7. The molecule has 1 unspecified atom stereocenters. The van der Waals surface area contributed by atoms with Crippen molar-refractivity contribution >= 4 is 45.8 Å². The Morgan fingerprint density at radius 1 is 1.14 bits per heavy atom. The smallest absolute Gasteiger partial charge is 0.339 e. The third-order valence-electron chi connectivity index (χ3n) is 5.62. The zero-order valence-electron chi connectivity index (χ0n) is 19.2. The summed E-state index contributed by atoms with van der Waals surface area (Å²) in [5.41, 5.74) is 3.27. The van der Waals surface area contributed by atoms with Crippen LogP contribution in [0.25, 0.3) is 11.3 Å². The summed E-state index contributed by atoms with van der Waals surface area (Å²) in [4.78, 5) is 54.6. The number of nitrogens with zero attached hydrogens (tertiary/aromatic N) is 2. The number of ether oxygens (including phenoxy) is 1. The second-order valence-electron chi connectivity index (χ2n) is 8.05. The molecule has 9 nitrogen and oxygen atoms in total. The third kappa shape index (κ3) is 5.55. The van der Waals surface area contributed by atoms with Gasteiger partial charge >= 0.3 is 5.97 Å². The van der Waals surface area contributed by atoms with Crippen LogP contribution in [0.1, 0.15) is 29.3 Å². The minimum Gasteiger partial charge on any atom is -0.465 e. The molecule has 35 heavy (non-hydrogen) atoms. The van der Waals surface area contributed by atoms with E-state index in [0.29, 0.717) is 23.1 Å². The normalized spacial score (nSPS) is 15.1. The predicted octanol–water partition coefficient (Wildman–Crippen LogP) is 3.22. The molecular weight excluding hydrogens is 468 g/mol. The average molecular weight is 493 g/mol. The van der Waals surface area contributed by atoms with Crippen molar-refractivity contribution in [2.45, 2.75) is 19.9 Å². The second-order valence-corrected chi connectivity index (χ2v) is 8.91. The molecule has 1 saturated heterocycles. The van der Waals surface area contributed by atoms with Gasteiger partial charge in [-0.3, -0.25) is 14.4 Å². The molecule has 2 N–H and O–H groups in total. The highest BCUT2D eigenvalue weighted by molar-refractivity contribution is 7.14. The number of anilines is 2. The van der Waals surface area contributed by atoms with E-state index in [4.69, 9.17) is 4.74 Å². The summed E-state index contributed by atoms with van der Waals surface area (Å²) >= 11 is 1.30. The molecule has 0 aliphatic carbocycles. The number of para-hydroxylation sites is 1. The number of rotatable bonds is 7. The summed E-state index contributed by atoms with van der Waals surface area (Å²) in [5.74, 6) is -1.74. The van der Waals surface area contributed by atoms with Gasteiger partial charge in [-0.25, -0.2) is 9.78 Å². The molecule has 0 radical (unpaired) electrons. The quantitative estimate of drug-likeness (QED) is 0.489. The van der Waals surface area contributed by atoms with Crippen molar-refractivity contribution in [2.75, 3.05) is 23.9 Å². The van der Waals surface area contributed by atoms with Gasteiger partial charge in [0.15, 0.2) is 5.13 Å². The Morgan fingerprint density at radius 2 is 1.89 bits per heavy atom. The van der Waals surface area contributed by atoms with Gasteiger partial charge in [-0.2, -0.15) is 0 Å². The fraction of sp³-hybridized carbons (Fsp3) is 0.240. The van der Waals surface area contributed by atoms with E-state index in [9.17, 15) is 19.2 Å². The predicted molar refractivity (Wildman–Crippen MR) is 132 cm³/mol. The zero-order valence-corrected chi connectivity index (χ0v) is 20.1. The molecule has 0 saturated carbocycles. The lowest BCUT2D eigenvalue weighted by Crippen LogP contribution is -2.29. The maximum Gasteiger partial charge on any atom is 0.339 e. The van der Waals surface area contributed by atoms with E-state index in [1.54, 1.807) is 24.3 Å². The molecular formula is C25H24N4O5S. The molecule has 0 spiro atoms. The Labute approximate surface area is 206 Å². The molecule has 2 heterocycles. The van der Waals surface area contributed by atoms with Crippen LogP contribution in [-0.2, 0) is 25.7 Å². The van der Waals surface area contributed by atoms with Gasteiger partial charge in [-0.15, -0.1) is 11.3 Å². The van der Waals surface area contributed by atoms with E-state index in [2.05, 4.69) is 15.6 Å². The summed E-state index contributed by atoms with van der Waals surface area (Å²) < 4.78 is 4.81. The fourth-order valence-electron chi connectivity index (χ4n) is 3.80. The summed E-state index contributed by atoms with van der Waals surface area (Å²) in [5, 5.41) is 7.84. The summed E-state index contributed by atoms with van der Waals surface area (Å²) in [6.07, 6.45) is 0.0370. The van der Waals surface area contributed by atoms with E-state index in [1.165, 1.54) is 30.3 Å². The number of benzene rings is 2. The number of esters is 1. The van der Waals surface area contributed by atoms with Crippen LogP contribution >= 0.6 is 11.3 Å². The van der Waals surface area contributed by atoms with Crippen molar-refractivity contribution in [2.24, 2.45) is 5.92 Å². The van der Waals surface area contributed by atoms with Gasteiger partial charge in [0, 0.05) is 37.4 Å². The number of carbonyl (C=O) groups is 4. The van der Waals surface area contributed by atoms with Gasteiger partial charge < -0.3 is 20.3 Å². The highest BCUT2D eigenvalue weighted by Gasteiger charge is 2.37. The van der Waals surface area contributed by atoms with Crippen molar-refractivity contribution in [3.63, 3.8) is 0 Å². The molecule has 3 aromatic rings. The van der Waals surface area contributed by atoms with Gasteiger partial charge in [-0.1, -0.05) is 36.4 Å². The third-order valence-corrected chi connectivity index (χ3v) is 6.38. The van der Waals surface area contributed by atoms with E-state index >= 15 is 0 Å². The Morgan fingerprint density at radius 3 is 2.60 bits per heavy atom. The molecule has 1 aliphatic heterocycles. The number of methoxy groups -OCH3 is 1. The summed E-state index contributed by atoms with van der Waals surface area (Å²) in [6.45, 7) is 2.08. The lowest BCUT2D eigenvalue weighted by atomic mass is 10.1. The first kappa shape index (κ1) is 24.1. The Balaban J connectivity index is 1.40. The molecule has 10 heteroatoms. The molecule has 3 amide bonds. The summed E-state index contributed by atoms with van der Waals surface area (Å²) in [7, 11) is 1.28. The molecule has 1 atom stereocenters. The van der Waals surface area contributed by atoms with E-state index < -0.39 is 11.9 Å². The van der Waals surface area contributed by atoms with E-state index in [-0.39, 0.29) is 36.3 Å². The Kier molecular flexibility index (Phi) is 7.21. The van der Waals surface area contributed by atoms with Crippen LogP contribution in [0.3, 0.4) is 0 Å². The number of amides is 3. The maximum atomic E-state index is 12.9. The molecule has 1 aromatic heterocycles. The van der Waals surface area contributed by atoms with Crippen molar-refractivity contribution in [3.8, 4) is 11.3 Å². The average Bonchev–Trinajstić information content (AvgIpc) is 3.49. The van der Waals surface area contributed by atoms with Crippen molar-refractivity contribution in [3.05, 3.63) is 65.0 Å². The fourth-order valence-corrected chi connectivity index (χ4v) is 4.52. The first-order valence-corrected chi connectivity index (χ1v) is 11.8. The lowest BCUT2D eigenvalue weighted by molar-refractivity contribution is -0.122. The van der Waals surface area contributed by atoms with E-state index in [0.717, 1.165) is 11.1 Å². The summed E-state index contributed by atoms with van der Waals surface area (Å²) in [6, 6.07) is 14.3. The zero-order chi connectivity index (χ0) is 24.9. The SMILES string of the molecule is COC(=O)c1ccccc1N1CC(C(=O)Nc2nc(-c3ccc(CNC(C)=O)cc3)cs2)CC1=O. The monoisotopic (exact) mass is 492 g/mol. The van der Waals surface area contributed by atoms with Gasteiger partial charge in [-0.05, 0) is 17.7 Å². The van der Waals surface area contributed by atoms with Crippen LogP contribution in [0.2, 0.25) is 0 Å². The first-order chi connectivity index (χ1) is 16.9. The molecule has 4 rings (SSSR count). The van der Waals surface area contributed by atoms with Crippen LogP contribution in [-0.4, -0.2) is 42.3 Å². The van der Waals surface area contributed by atoms with Crippen LogP contribution in [0.15, 0.2) is 53.9 Å². The van der Waals surface area contributed by atoms with Crippen molar-refractivity contribution < 1.29 is 23.9 Å². The topological polar surface area (TPSA) is 118 Å². The Bertz CT molecular complexity index is 1270. The van der Waals surface area contributed by atoms with Crippen molar-refractivity contribution in [1.29, 1.82) is 0 Å². The number of thiazole rings is 1. The van der Waals surface area contributed by atoms with E-state index in [1.807, 2.05) is 29.6 Å². The molecule has 2 aromatic carbocycles. The van der Waals surface area contributed by atoms with Crippen LogP contribution < -0.4 is 15.5 Å². The van der Waals surface area contributed by atoms with Gasteiger partial charge in [0.05, 0.1) is 30.0 Å². The molecule has 180 valence electrons. The van der Waals surface area contributed by atoms with Gasteiger partial charge in [0.2, 0.25) is 17.7 Å². The van der Waals surface area contributed by atoms with Crippen LogP contribution in [0.4, 0.5) is 10.8 Å². The van der Waals surface area contributed by atoms with Crippen LogP contribution in [0, 0.1) is 5.92 Å². The number of carbonyl (C=O) groups excluding carboxylic acids is 4. The molecule has 1 fully saturated rings. The molecule has 0 bridgehead atoms. The van der Waals surface area contributed by atoms with Gasteiger partial charge in [0.1, 0.15) is 0 Å². The maximum absolute atomic E-state index is 12.9. The number of hydrogen-bond donors (Lipinski definition) is 2. The second kappa shape index (κ2) is 10.5. The number of nitrogens with one attached hydrogen (secondary N) is 2. The first-order valence-electron chi connectivity index (χ1n) is 10.9. The minimum absolute atomic E-state index is 0.0370. The standard InChI is InChI=1S/C25H24N4O5S/c1-15(30)26-12-16-7-9-17(10-8-16)20-14-35-25(27-20)28-23(32)18-11-22(31)29(13-18)21-6-4-3-5-19(21)24(33)34-2/h3-10,14,18H,11-13H2,1-2H3,(H,26,30)(H,27,28,32). The van der Waals surface area contributed by atoms with Gasteiger partial charge in [0.25, 0.3) is 0 Å². The molecule has 1 aliphatic rings. The van der Waals surface area contributed by atoms with Crippen molar-refractivity contribution in [1.82, 2.24) is 10.3 Å². The largest absolute Gasteiger partial charge is 0.465 e. The minimum atomic E-state index is -0.575. The highest BCUT2D eigenvalue weighted by Crippen LogP contribution is 2.30. The lowest BCUT2D eigenvalue weighted by Gasteiger charge is -2.19. The number of aromatic nitrogens is 1. The Hall–Kier alpha value is -4.05. The van der Waals surface area contributed by atoms with Crippen LogP contribution in [0.5, 0.6) is 0 Å².